The number of esters is 1. The lowest BCUT2D eigenvalue weighted by Crippen LogP contribution is -2.14. The molecule has 0 saturated heterocycles. The van der Waals surface area contributed by atoms with Gasteiger partial charge < -0.3 is 4.74 Å². The van der Waals surface area contributed by atoms with Crippen LogP contribution in [0, 0.1) is 0 Å². The van der Waals surface area contributed by atoms with Crippen molar-refractivity contribution in [2.75, 3.05) is 7.11 Å². The number of benzene rings is 1. The SMILES string of the molecule is CCCCCCCCCC(C(=O)OC)c1ccccc1. The maximum Gasteiger partial charge on any atom is 0.313 e. The van der Waals surface area contributed by atoms with Crippen LogP contribution < -0.4 is 0 Å². The number of hydrogen-bond acceptors (Lipinski definition) is 2. The summed E-state index contributed by atoms with van der Waals surface area (Å²) in [6.07, 6.45) is 9.78. The minimum absolute atomic E-state index is 0.100. The zero-order chi connectivity index (χ0) is 14.6. The van der Waals surface area contributed by atoms with Gasteiger partial charge in [0.05, 0.1) is 13.0 Å². The lowest BCUT2D eigenvalue weighted by Gasteiger charge is -2.14. The van der Waals surface area contributed by atoms with Crippen LogP contribution in [0.3, 0.4) is 0 Å². The molecule has 0 saturated carbocycles. The van der Waals surface area contributed by atoms with Gasteiger partial charge in [-0.3, -0.25) is 4.79 Å². The molecule has 0 amide bonds. The Bertz CT molecular complexity index is 359. The first-order valence-electron chi connectivity index (χ1n) is 7.92. The summed E-state index contributed by atoms with van der Waals surface area (Å²) in [6.45, 7) is 2.24. The van der Waals surface area contributed by atoms with Crippen LogP contribution in [0.2, 0.25) is 0 Å². The summed E-state index contributed by atoms with van der Waals surface area (Å²) in [5, 5.41) is 0. The summed E-state index contributed by atoms with van der Waals surface area (Å²) in [6, 6.07) is 9.98. The van der Waals surface area contributed by atoms with E-state index in [4.69, 9.17) is 4.74 Å². The molecule has 1 aromatic carbocycles. The molecule has 112 valence electrons. The highest BCUT2D eigenvalue weighted by Crippen LogP contribution is 2.24. The van der Waals surface area contributed by atoms with Crippen molar-refractivity contribution in [1.29, 1.82) is 0 Å². The van der Waals surface area contributed by atoms with E-state index in [2.05, 4.69) is 6.92 Å². The fourth-order valence-electron chi connectivity index (χ4n) is 2.55. The molecule has 0 N–H and O–H groups in total. The molecule has 2 nitrogen and oxygen atoms in total. The van der Waals surface area contributed by atoms with E-state index in [-0.39, 0.29) is 11.9 Å². The van der Waals surface area contributed by atoms with Crippen LogP contribution in [-0.2, 0) is 9.53 Å². The van der Waals surface area contributed by atoms with Crippen molar-refractivity contribution in [3.63, 3.8) is 0 Å². The largest absolute Gasteiger partial charge is 0.469 e. The van der Waals surface area contributed by atoms with E-state index in [9.17, 15) is 4.79 Å². The van der Waals surface area contributed by atoms with Gasteiger partial charge in [0.25, 0.3) is 0 Å². The number of rotatable bonds is 10. The van der Waals surface area contributed by atoms with Crippen molar-refractivity contribution in [3.05, 3.63) is 35.9 Å². The first kappa shape index (κ1) is 16.7. The Balaban J connectivity index is 2.34. The molecule has 1 atom stereocenters. The normalized spacial score (nSPS) is 12.1. The van der Waals surface area contributed by atoms with Crippen LogP contribution in [-0.4, -0.2) is 13.1 Å². The highest BCUT2D eigenvalue weighted by Gasteiger charge is 2.20. The standard InChI is InChI=1S/C18H28O2/c1-3-4-5-6-7-8-12-15-17(18(19)20-2)16-13-10-9-11-14-16/h9-11,13-14,17H,3-8,12,15H2,1-2H3. The van der Waals surface area contributed by atoms with E-state index in [1.807, 2.05) is 30.3 Å². The Morgan fingerprint density at radius 1 is 1.00 bits per heavy atom. The molecule has 0 fully saturated rings. The molecule has 0 radical (unpaired) electrons. The first-order valence-corrected chi connectivity index (χ1v) is 7.92. The minimum Gasteiger partial charge on any atom is -0.469 e. The second-order valence-electron chi connectivity index (χ2n) is 5.40. The van der Waals surface area contributed by atoms with Crippen molar-refractivity contribution in [3.8, 4) is 0 Å². The van der Waals surface area contributed by atoms with Crippen LogP contribution in [0.25, 0.3) is 0 Å². The van der Waals surface area contributed by atoms with E-state index >= 15 is 0 Å². The summed E-state index contributed by atoms with van der Waals surface area (Å²) in [5.74, 6) is -0.209. The second kappa shape index (κ2) is 10.5. The quantitative estimate of drug-likeness (QED) is 0.440. The summed E-state index contributed by atoms with van der Waals surface area (Å²) < 4.78 is 4.94. The molecule has 20 heavy (non-hydrogen) atoms. The predicted molar refractivity (Wildman–Crippen MR) is 83.8 cm³/mol. The second-order valence-corrected chi connectivity index (χ2v) is 5.40. The van der Waals surface area contributed by atoms with E-state index in [1.54, 1.807) is 0 Å². The van der Waals surface area contributed by atoms with Crippen LogP contribution in [0.5, 0.6) is 0 Å². The molecular weight excluding hydrogens is 248 g/mol. The first-order chi connectivity index (χ1) is 9.79. The molecule has 0 heterocycles. The molecule has 0 aliphatic carbocycles. The molecule has 0 bridgehead atoms. The smallest absolute Gasteiger partial charge is 0.313 e. The van der Waals surface area contributed by atoms with Crippen molar-refractivity contribution in [2.24, 2.45) is 0 Å². The van der Waals surface area contributed by atoms with E-state index in [0.29, 0.717) is 0 Å². The van der Waals surface area contributed by atoms with E-state index in [0.717, 1.165) is 18.4 Å². The van der Waals surface area contributed by atoms with Gasteiger partial charge in [-0.15, -0.1) is 0 Å². The lowest BCUT2D eigenvalue weighted by molar-refractivity contribution is -0.142. The fraction of sp³-hybridized carbons (Fsp3) is 0.611. The van der Waals surface area contributed by atoms with Gasteiger partial charge >= 0.3 is 5.97 Å². The summed E-state index contributed by atoms with van der Waals surface area (Å²) in [7, 11) is 1.48. The molecule has 1 unspecified atom stereocenters. The highest BCUT2D eigenvalue weighted by molar-refractivity contribution is 5.77. The van der Waals surface area contributed by atoms with E-state index < -0.39 is 0 Å². The lowest BCUT2D eigenvalue weighted by atomic mass is 9.93. The molecular formula is C18H28O2. The number of carbonyl (C=O) groups excluding carboxylic acids is 1. The summed E-state index contributed by atoms with van der Waals surface area (Å²) >= 11 is 0. The zero-order valence-corrected chi connectivity index (χ0v) is 12.9. The Kier molecular flexibility index (Phi) is 8.77. The van der Waals surface area contributed by atoms with Gasteiger partial charge in [-0.2, -0.15) is 0 Å². The van der Waals surface area contributed by atoms with Gasteiger partial charge in [0, 0.05) is 0 Å². The van der Waals surface area contributed by atoms with Gasteiger partial charge in [-0.25, -0.2) is 0 Å². The van der Waals surface area contributed by atoms with Crippen LogP contribution in [0.15, 0.2) is 30.3 Å². The third kappa shape index (κ3) is 6.23. The highest BCUT2D eigenvalue weighted by atomic mass is 16.5. The maximum atomic E-state index is 11.9. The average molecular weight is 276 g/mol. The predicted octanol–water partition coefficient (Wildman–Crippen LogP) is 5.08. The average Bonchev–Trinajstić information content (AvgIpc) is 2.50. The molecule has 2 heteroatoms. The van der Waals surface area contributed by atoms with Crippen molar-refractivity contribution in [1.82, 2.24) is 0 Å². The van der Waals surface area contributed by atoms with Gasteiger partial charge in [0.2, 0.25) is 0 Å². The van der Waals surface area contributed by atoms with Crippen LogP contribution in [0.4, 0.5) is 0 Å². The molecule has 0 spiro atoms. The fourth-order valence-corrected chi connectivity index (χ4v) is 2.55. The monoisotopic (exact) mass is 276 g/mol. The topological polar surface area (TPSA) is 26.3 Å². The molecule has 0 aromatic heterocycles. The Labute approximate surface area is 123 Å². The Hall–Kier alpha value is -1.31. The molecule has 1 rings (SSSR count). The van der Waals surface area contributed by atoms with Crippen molar-refractivity contribution in [2.45, 2.75) is 64.2 Å². The number of ether oxygens (including phenoxy) is 1. The maximum absolute atomic E-state index is 11.9. The van der Waals surface area contributed by atoms with E-state index in [1.165, 1.54) is 45.6 Å². The number of methoxy groups -OCH3 is 1. The van der Waals surface area contributed by atoms with Crippen LogP contribution >= 0.6 is 0 Å². The Morgan fingerprint density at radius 3 is 2.20 bits per heavy atom. The molecule has 1 aromatic rings. The number of carbonyl (C=O) groups is 1. The van der Waals surface area contributed by atoms with Gasteiger partial charge in [-0.05, 0) is 12.0 Å². The van der Waals surface area contributed by atoms with Crippen molar-refractivity contribution < 1.29 is 9.53 Å². The zero-order valence-electron chi connectivity index (χ0n) is 12.9. The van der Waals surface area contributed by atoms with Gasteiger partial charge in [0.15, 0.2) is 0 Å². The minimum atomic E-state index is -0.109. The summed E-state index contributed by atoms with van der Waals surface area (Å²) in [5.41, 5.74) is 1.07. The Morgan fingerprint density at radius 2 is 1.60 bits per heavy atom. The third-order valence-electron chi connectivity index (χ3n) is 3.78. The number of unbranched alkanes of at least 4 members (excludes halogenated alkanes) is 6. The molecule has 0 aliphatic rings. The molecule has 0 aliphatic heterocycles. The van der Waals surface area contributed by atoms with Crippen LogP contribution in [0.1, 0.15) is 69.8 Å². The third-order valence-corrected chi connectivity index (χ3v) is 3.78. The van der Waals surface area contributed by atoms with Gasteiger partial charge in [-0.1, -0.05) is 82.2 Å². The van der Waals surface area contributed by atoms with Crippen molar-refractivity contribution >= 4 is 5.97 Å². The number of hydrogen-bond donors (Lipinski definition) is 0. The summed E-state index contributed by atoms with van der Waals surface area (Å²) in [4.78, 5) is 11.9. The van der Waals surface area contributed by atoms with Gasteiger partial charge in [0.1, 0.15) is 0 Å².